The van der Waals surface area contributed by atoms with Crippen molar-refractivity contribution in [2.24, 2.45) is 0 Å². The molecule has 174 valence electrons. The Morgan fingerprint density at radius 1 is 1.29 bits per heavy atom. The van der Waals surface area contributed by atoms with E-state index in [4.69, 9.17) is 9.47 Å². The standard InChI is InChI=1S/C26H25N3O4S/c1-32-20-6-2-4-17(12-20)7-8-19(30)13-24-23(15-27)22-10-9-21(14-25(22)34-24)33-26(31)29-18-5-3-11-28-16-18/h2-6,11-12,16,21H,7-10,13-14H2,1H3,(H,29,31). The van der Waals surface area contributed by atoms with E-state index in [1.807, 2.05) is 24.3 Å². The molecule has 1 aromatic carbocycles. The van der Waals surface area contributed by atoms with Crippen LogP contribution in [0.25, 0.3) is 0 Å². The normalized spacial score (nSPS) is 14.5. The van der Waals surface area contributed by atoms with Crippen molar-refractivity contribution >= 4 is 28.9 Å². The molecule has 4 rings (SSSR count). The van der Waals surface area contributed by atoms with Crippen LogP contribution < -0.4 is 10.1 Å². The number of nitriles is 1. The van der Waals surface area contributed by atoms with Gasteiger partial charge in [-0.3, -0.25) is 15.1 Å². The van der Waals surface area contributed by atoms with E-state index in [2.05, 4.69) is 16.4 Å². The fourth-order valence-corrected chi connectivity index (χ4v) is 5.48. The summed E-state index contributed by atoms with van der Waals surface area (Å²) in [5.41, 5.74) is 3.23. The number of aromatic nitrogens is 1. The van der Waals surface area contributed by atoms with Gasteiger partial charge in [0, 0.05) is 35.2 Å². The number of amides is 1. The van der Waals surface area contributed by atoms with E-state index in [9.17, 15) is 14.9 Å². The molecular weight excluding hydrogens is 450 g/mol. The van der Waals surface area contributed by atoms with Gasteiger partial charge in [-0.25, -0.2) is 4.79 Å². The third-order valence-corrected chi connectivity index (χ3v) is 7.03. The highest BCUT2D eigenvalue weighted by atomic mass is 32.1. The number of thiophene rings is 1. The van der Waals surface area contributed by atoms with Crippen molar-refractivity contribution in [2.45, 2.75) is 44.6 Å². The zero-order valence-corrected chi connectivity index (χ0v) is 19.7. The first kappa shape index (κ1) is 23.5. The van der Waals surface area contributed by atoms with Gasteiger partial charge in [-0.05, 0) is 54.7 Å². The minimum Gasteiger partial charge on any atom is -0.497 e. The van der Waals surface area contributed by atoms with Crippen LogP contribution >= 0.6 is 11.3 Å². The summed E-state index contributed by atoms with van der Waals surface area (Å²) in [4.78, 5) is 30.7. The number of nitrogens with one attached hydrogen (secondary N) is 1. The summed E-state index contributed by atoms with van der Waals surface area (Å²) in [6.07, 6.45) is 5.51. The summed E-state index contributed by atoms with van der Waals surface area (Å²) in [5, 5.41) is 12.4. The van der Waals surface area contributed by atoms with Gasteiger partial charge in [0.05, 0.1) is 24.6 Å². The van der Waals surface area contributed by atoms with Crippen molar-refractivity contribution in [3.8, 4) is 11.8 Å². The maximum Gasteiger partial charge on any atom is 0.411 e. The number of ketones is 1. The third kappa shape index (κ3) is 5.80. The predicted molar refractivity (Wildman–Crippen MR) is 129 cm³/mol. The van der Waals surface area contributed by atoms with Gasteiger partial charge in [0.15, 0.2) is 0 Å². The smallest absolute Gasteiger partial charge is 0.411 e. The Kier molecular flexibility index (Phi) is 7.55. The average Bonchev–Trinajstić information content (AvgIpc) is 3.19. The van der Waals surface area contributed by atoms with Crippen molar-refractivity contribution in [1.29, 1.82) is 5.26 Å². The first-order valence-corrected chi connectivity index (χ1v) is 11.9. The number of nitrogens with zero attached hydrogens (tertiary/aromatic N) is 2. The summed E-state index contributed by atoms with van der Waals surface area (Å²) in [6, 6.07) is 13.5. The minimum atomic E-state index is -0.522. The van der Waals surface area contributed by atoms with E-state index in [1.165, 1.54) is 11.3 Å². The minimum absolute atomic E-state index is 0.0987. The van der Waals surface area contributed by atoms with Gasteiger partial charge in [-0.15, -0.1) is 11.3 Å². The van der Waals surface area contributed by atoms with Crippen LogP contribution in [0.1, 0.15) is 39.3 Å². The van der Waals surface area contributed by atoms with Gasteiger partial charge in [0.2, 0.25) is 0 Å². The highest BCUT2D eigenvalue weighted by Gasteiger charge is 2.28. The van der Waals surface area contributed by atoms with Crippen LogP contribution in [0.5, 0.6) is 5.75 Å². The zero-order valence-electron chi connectivity index (χ0n) is 18.9. The molecule has 0 radical (unpaired) electrons. The third-order valence-electron chi connectivity index (χ3n) is 5.77. The van der Waals surface area contributed by atoms with Gasteiger partial charge < -0.3 is 9.47 Å². The molecule has 2 heterocycles. The monoisotopic (exact) mass is 475 g/mol. The summed E-state index contributed by atoms with van der Waals surface area (Å²) in [5.74, 6) is 0.870. The number of methoxy groups -OCH3 is 1. The van der Waals surface area contributed by atoms with Crippen LogP contribution in [0.4, 0.5) is 10.5 Å². The van der Waals surface area contributed by atoms with Crippen LogP contribution in [0.3, 0.4) is 0 Å². The van der Waals surface area contributed by atoms with Gasteiger partial charge in [0.25, 0.3) is 0 Å². The lowest BCUT2D eigenvalue weighted by atomic mass is 9.92. The Hall–Kier alpha value is -3.70. The molecule has 8 heteroatoms. The summed E-state index contributed by atoms with van der Waals surface area (Å²) in [6.45, 7) is 0. The second-order valence-electron chi connectivity index (χ2n) is 8.12. The Morgan fingerprint density at radius 3 is 2.94 bits per heavy atom. The lowest BCUT2D eigenvalue weighted by Crippen LogP contribution is -2.27. The molecule has 0 aliphatic heterocycles. The molecule has 0 bridgehead atoms. The average molecular weight is 476 g/mol. The Morgan fingerprint density at radius 2 is 2.18 bits per heavy atom. The molecule has 1 amide bonds. The lowest BCUT2D eigenvalue weighted by molar-refractivity contribution is -0.118. The van der Waals surface area contributed by atoms with E-state index in [1.54, 1.807) is 31.6 Å². The highest BCUT2D eigenvalue weighted by Crippen LogP contribution is 2.35. The molecule has 1 N–H and O–H groups in total. The van der Waals surface area contributed by atoms with Crippen LogP contribution in [0.2, 0.25) is 0 Å². The first-order valence-electron chi connectivity index (χ1n) is 11.1. The maximum atomic E-state index is 12.7. The fraction of sp³-hybridized carbons (Fsp3) is 0.308. The lowest BCUT2D eigenvalue weighted by Gasteiger charge is -2.22. The number of pyridine rings is 1. The Balaban J connectivity index is 1.35. The van der Waals surface area contributed by atoms with Crippen LogP contribution in [0.15, 0.2) is 48.8 Å². The van der Waals surface area contributed by atoms with Crippen molar-refractivity contribution in [2.75, 3.05) is 12.4 Å². The number of ether oxygens (including phenoxy) is 2. The van der Waals surface area contributed by atoms with Crippen molar-refractivity contribution < 1.29 is 19.1 Å². The molecule has 1 unspecified atom stereocenters. The molecule has 0 spiro atoms. The van der Waals surface area contributed by atoms with E-state index in [0.717, 1.165) is 26.6 Å². The molecule has 34 heavy (non-hydrogen) atoms. The summed E-state index contributed by atoms with van der Waals surface area (Å²) < 4.78 is 10.8. The molecule has 7 nitrogen and oxygen atoms in total. The second kappa shape index (κ2) is 10.9. The van der Waals surface area contributed by atoms with Crippen molar-refractivity contribution in [3.63, 3.8) is 0 Å². The number of benzene rings is 1. The molecule has 0 saturated heterocycles. The summed E-state index contributed by atoms with van der Waals surface area (Å²) in [7, 11) is 1.62. The van der Waals surface area contributed by atoms with Gasteiger partial charge in [0.1, 0.15) is 23.7 Å². The molecule has 2 aromatic heterocycles. The quantitative estimate of drug-likeness (QED) is 0.499. The number of anilines is 1. The SMILES string of the molecule is COc1cccc(CCC(=O)Cc2sc3c(c2C#N)CCC(OC(=O)Nc2cccnc2)C3)c1. The molecule has 1 aliphatic rings. The number of Topliss-reactive ketones (excluding diaryl/α,β-unsaturated/α-hetero) is 1. The van der Waals surface area contributed by atoms with Crippen LogP contribution in [0, 0.1) is 11.3 Å². The molecule has 0 fully saturated rings. The van der Waals surface area contributed by atoms with Gasteiger partial charge >= 0.3 is 6.09 Å². The number of rotatable bonds is 8. The Labute approximate surface area is 202 Å². The molecule has 3 aromatic rings. The topological polar surface area (TPSA) is 101 Å². The number of aryl methyl sites for hydroxylation is 1. The fourth-order valence-electron chi connectivity index (χ4n) is 4.08. The van der Waals surface area contributed by atoms with E-state index < -0.39 is 6.09 Å². The molecular formula is C26H25N3O4S. The van der Waals surface area contributed by atoms with Crippen molar-refractivity contribution in [1.82, 2.24) is 4.98 Å². The number of hydrogen-bond donors (Lipinski definition) is 1. The van der Waals surface area contributed by atoms with E-state index >= 15 is 0 Å². The molecule has 0 saturated carbocycles. The van der Waals surface area contributed by atoms with Crippen molar-refractivity contribution in [3.05, 3.63) is 75.2 Å². The van der Waals surface area contributed by atoms with Gasteiger partial charge in [-0.1, -0.05) is 12.1 Å². The molecule has 1 atom stereocenters. The first-order chi connectivity index (χ1) is 16.6. The predicted octanol–water partition coefficient (Wildman–Crippen LogP) is 4.87. The largest absolute Gasteiger partial charge is 0.497 e. The summed E-state index contributed by atoms with van der Waals surface area (Å²) >= 11 is 1.49. The van der Waals surface area contributed by atoms with E-state index in [0.29, 0.717) is 43.4 Å². The number of hydrogen-bond acceptors (Lipinski definition) is 7. The highest BCUT2D eigenvalue weighted by molar-refractivity contribution is 7.12. The van der Waals surface area contributed by atoms with Gasteiger partial charge in [-0.2, -0.15) is 5.26 Å². The number of fused-ring (bicyclic) bond motifs is 1. The zero-order chi connectivity index (χ0) is 23.9. The number of carbonyl (C=O) groups is 2. The second-order valence-corrected chi connectivity index (χ2v) is 9.31. The Bertz CT molecular complexity index is 1220. The number of carbonyl (C=O) groups excluding carboxylic acids is 2. The molecule has 1 aliphatic carbocycles. The van der Waals surface area contributed by atoms with E-state index in [-0.39, 0.29) is 18.3 Å². The maximum absolute atomic E-state index is 12.7. The van der Waals surface area contributed by atoms with Crippen LogP contribution in [-0.2, 0) is 35.2 Å². The van der Waals surface area contributed by atoms with Crippen LogP contribution in [-0.4, -0.2) is 30.1 Å².